The van der Waals surface area contributed by atoms with Crippen molar-refractivity contribution in [3.8, 4) is 0 Å². The highest BCUT2D eigenvalue weighted by molar-refractivity contribution is 5.80. The summed E-state index contributed by atoms with van der Waals surface area (Å²) in [6.07, 6.45) is 3.49. The second-order valence-corrected chi connectivity index (χ2v) is 6.58. The molecule has 1 aliphatic heterocycles. The topological polar surface area (TPSA) is 78.7 Å². The Hall–Kier alpha value is -2.24. The maximum atomic E-state index is 12.2. The highest BCUT2D eigenvalue weighted by Crippen LogP contribution is 2.16. The first-order valence-electron chi connectivity index (χ1n) is 8.55. The third-order valence-electron chi connectivity index (χ3n) is 4.50. The summed E-state index contributed by atoms with van der Waals surface area (Å²) in [6.45, 7) is 1.75. The van der Waals surface area contributed by atoms with Crippen LogP contribution in [0.2, 0.25) is 0 Å². The van der Waals surface area contributed by atoms with Crippen molar-refractivity contribution in [1.82, 2.24) is 10.2 Å². The average molecular weight is 332 g/mol. The summed E-state index contributed by atoms with van der Waals surface area (Å²) >= 11 is 0. The van der Waals surface area contributed by atoms with E-state index in [1.807, 2.05) is 14.1 Å². The Kier molecular flexibility index (Phi) is 6.46. The third kappa shape index (κ3) is 5.15. The predicted molar refractivity (Wildman–Crippen MR) is 96.0 cm³/mol. The van der Waals surface area contributed by atoms with Crippen LogP contribution in [-0.4, -0.2) is 50.6 Å². The number of rotatable bonds is 6. The van der Waals surface area contributed by atoms with Crippen molar-refractivity contribution < 1.29 is 9.59 Å². The van der Waals surface area contributed by atoms with E-state index in [1.165, 1.54) is 11.3 Å². The SMILES string of the molecule is CN(C)c1ccc(CCCNC(=O)[C@@H]2CCCN(C(N)=O)C2)cc1. The molecular formula is C18H28N4O2. The molecule has 24 heavy (non-hydrogen) atoms. The summed E-state index contributed by atoms with van der Waals surface area (Å²) in [4.78, 5) is 27.0. The molecule has 0 saturated carbocycles. The number of hydrogen-bond donors (Lipinski definition) is 2. The van der Waals surface area contributed by atoms with Gasteiger partial charge in [0.2, 0.25) is 5.91 Å². The quantitative estimate of drug-likeness (QED) is 0.777. The van der Waals surface area contributed by atoms with Gasteiger partial charge in [0.05, 0.1) is 5.92 Å². The number of nitrogens with zero attached hydrogens (tertiary/aromatic N) is 2. The molecule has 3 N–H and O–H groups in total. The smallest absolute Gasteiger partial charge is 0.314 e. The number of primary amides is 1. The Bertz CT molecular complexity index is 557. The van der Waals surface area contributed by atoms with Crippen molar-refractivity contribution in [1.29, 1.82) is 0 Å². The lowest BCUT2D eigenvalue weighted by atomic mass is 9.97. The lowest BCUT2D eigenvalue weighted by molar-refractivity contribution is -0.126. The Balaban J connectivity index is 1.70. The zero-order valence-electron chi connectivity index (χ0n) is 14.6. The minimum Gasteiger partial charge on any atom is -0.378 e. The van der Waals surface area contributed by atoms with Gasteiger partial charge in [0.25, 0.3) is 0 Å². The number of aryl methyl sites for hydroxylation is 1. The van der Waals surface area contributed by atoms with E-state index >= 15 is 0 Å². The van der Waals surface area contributed by atoms with Crippen LogP contribution in [0.1, 0.15) is 24.8 Å². The van der Waals surface area contributed by atoms with Gasteiger partial charge in [-0.1, -0.05) is 12.1 Å². The number of anilines is 1. The fourth-order valence-electron chi connectivity index (χ4n) is 3.00. The van der Waals surface area contributed by atoms with Gasteiger partial charge in [-0.2, -0.15) is 0 Å². The molecule has 1 aliphatic rings. The van der Waals surface area contributed by atoms with Gasteiger partial charge in [-0.3, -0.25) is 4.79 Å². The van der Waals surface area contributed by atoms with Crippen LogP contribution in [0.15, 0.2) is 24.3 Å². The number of hydrogen-bond acceptors (Lipinski definition) is 3. The Morgan fingerprint density at radius 2 is 2.00 bits per heavy atom. The number of nitrogens with two attached hydrogens (primary N) is 1. The minimum absolute atomic E-state index is 0.0314. The first kappa shape index (κ1) is 18.1. The highest BCUT2D eigenvalue weighted by Gasteiger charge is 2.26. The molecule has 6 heteroatoms. The molecule has 1 heterocycles. The van der Waals surface area contributed by atoms with E-state index in [1.54, 1.807) is 4.90 Å². The van der Waals surface area contributed by atoms with Gasteiger partial charge in [-0.05, 0) is 43.4 Å². The summed E-state index contributed by atoms with van der Waals surface area (Å²) in [5, 5.41) is 2.99. The zero-order chi connectivity index (χ0) is 17.5. The maximum absolute atomic E-state index is 12.2. The number of benzene rings is 1. The monoisotopic (exact) mass is 332 g/mol. The normalized spacial score (nSPS) is 17.4. The number of piperidine rings is 1. The number of urea groups is 1. The summed E-state index contributed by atoms with van der Waals surface area (Å²) in [6, 6.07) is 8.03. The zero-order valence-corrected chi connectivity index (χ0v) is 14.6. The van der Waals surface area contributed by atoms with Gasteiger partial charge < -0.3 is 20.9 Å². The average Bonchev–Trinajstić information content (AvgIpc) is 2.59. The van der Waals surface area contributed by atoms with Crippen molar-refractivity contribution in [2.45, 2.75) is 25.7 Å². The van der Waals surface area contributed by atoms with E-state index < -0.39 is 6.03 Å². The van der Waals surface area contributed by atoms with Crippen molar-refractivity contribution in [2.24, 2.45) is 11.7 Å². The number of nitrogens with one attached hydrogen (secondary N) is 1. The van der Waals surface area contributed by atoms with E-state index in [4.69, 9.17) is 5.73 Å². The molecule has 2 rings (SSSR count). The number of likely N-dealkylation sites (tertiary alicyclic amines) is 1. The third-order valence-corrected chi connectivity index (χ3v) is 4.50. The largest absolute Gasteiger partial charge is 0.378 e. The first-order chi connectivity index (χ1) is 11.5. The van der Waals surface area contributed by atoms with Crippen LogP contribution in [0, 0.1) is 5.92 Å². The number of carbonyl (C=O) groups is 2. The second kappa shape index (κ2) is 8.57. The van der Waals surface area contributed by atoms with Crippen molar-refractivity contribution in [3.63, 3.8) is 0 Å². The molecule has 0 unspecified atom stereocenters. The van der Waals surface area contributed by atoms with Crippen LogP contribution in [0.25, 0.3) is 0 Å². The molecule has 1 aromatic carbocycles. The molecule has 1 fully saturated rings. The molecule has 1 aromatic rings. The van der Waals surface area contributed by atoms with Gasteiger partial charge in [0, 0.05) is 39.4 Å². The van der Waals surface area contributed by atoms with Gasteiger partial charge in [0.15, 0.2) is 0 Å². The molecular weight excluding hydrogens is 304 g/mol. The second-order valence-electron chi connectivity index (χ2n) is 6.58. The molecule has 3 amide bonds. The van der Waals surface area contributed by atoms with E-state index in [2.05, 4.69) is 34.5 Å². The van der Waals surface area contributed by atoms with Crippen molar-refractivity contribution >= 4 is 17.6 Å². The maximum Gasteiger partial charge on any atom is 0.314 e. The van der Waals surface area contributed by atoms with Gasteiger partial charge in [-0.25, -0.2) is 4.79 Å². The van der Waals surface area contributed by atoms with E-state index in [9.17, 15) is 9.59 Å². The lowest BCUT2D eigenvalue weighted by Crippen LogP contribution is -2.47. The Morgan fingerprint density at radius 1 is 1.29 bits per heavy atom. The van der Waals surface area contributed by atoms with Gasteiger partial charge in [0.1, 0.15) is 0 Å². The molecule has 0 aliphatic carbocycles. The van der Waals surface area contributed by atoms with Crippen LogP contribution in [0.4, 0.5) is 10.5 Å². The Morgan fingerprint density at radius 3 is 2.62 bits per heavy atom. The van der Waals surface area contributed by atoms with Crippen LogP contribution < -0.4 is 16.0 Å². The van der Waals surface area contributed by atoms with Crippen LogP contribution in [0.5, 0.6) is 0 Å². The minimum atomic E-state index is -0.436. The molecule has 1 saturated heterocycles. The molecule has 0 radical (unpaired) electrons. The molecule has 1 atom stereocenters. The summed E-state index contributed by atoms with van der Waals surface area (Å²) in [5.41, 5.74) is 7.75. The Labute approximate surface area is 144 Å². The highest BCUT2D eigenvalue weighted by atomic mass is 16.2. The lowest BCUT2D eigenvalue weighted by Gasteiger charge is -2.30. The number of carbonyl (C=O) groups excluding carboxylic acids is 2. The summed E-state index contributed by atoms with van der Waals surface area (Å²) in [7, 11) is 4.05. The van der Waals surface area contributed by atoms with Crippen molar-refractivity contribution in [2.75, 3.05) is 38.6 Å². The molecule has 6 nitrogen and oxygen atoms in total. The predicted octanol–water partition coefficient (Wildman–Crippen LogP) is 1.59. The van der Waals surface area contributed by atoms with E-state index in [0.717, 1.165) is 25.7 Å². The fourth-order valence-corrected chi connectivity index (χ4v) is 3.00. The van der Waals surface area contributed by atoms with Crippen molar-refractivity contribution in [3.05, 3.63) is 29.8 Å². The van der Waals surface area contributed by atoms with E-state index in [0.29, 0.717) is 19.6 Å². The standard InChI is InChI=1S/C18H28N4O2/c1-21(2)16-9-7-14(8-10-16)5-3-11-20-17(23)15-6-4-12-22(13-15)18(19)24/h7-10,15H,3-6,11-13H2,1-2H3,(H2,19,24)(H,20,23)/t15-/m1/s1. The fraction of sp³-hybridized carbons (Fsp3) is 0.556. The van der Waals surface area contributed by atoms with Gasteiger partial charge in [-0.15, -0.1) is 0 Å². The van der Waals surface area contributed by atoms with Crippen LogP contribution in [-0.2, 0) is 11.2 Å². The molecule has 0 bridgehead atoms. The number of amides is 3. The van der Waals surface area contributed by atoms with Crippen LogP contribution in [0.3, 0.4) is 0 Å². The molecule has 0 spiro atoms. The first-order valence-corrected chi connectivity index (χ1v) is 8.55. The molecule has 0 aromatic heterocycles. The van der Waals surface area contributed by atoms with E-state index in [-0.39, 0.29) is 11.8 Å². The molecule has 132 valence electrons. The van der Waals surface area contributed by atoms with Gasteiger partial charge >= 0.3 is 6.03 Å². The van der Waals surface area contributed by atoms with Crippen LogP contribution >= 0.6 is 0 Å². The summed E-state index contributed by atoms with van der Waals surface area (Å²) < 4.78 is 0. The summed E-state index contributed by atoms with van der Waals surface area (Å²) in [5.74, 6) is -0.102.